The number of pyridine rings is 1. The molecule has 0 spiro atoms. The lowest BCUT2D eigenvalue weighted by molar-refractivity contribution is 0.415. The van der Waals surface area contributed by atoms with Gasteiger partial charge in [0.2, 0.25) is 0 Å². The first-order chi connectivity index (χ1) is 10.0. The quantitative estimate of drug-likeness (QED) is 0.902. The van der Waals surface area contributed by atoms with Crippen molar-refractivity contribution >= 4 is 15.7 Å². The molecule has 0 unspecified atom stereocenters. The van der Waals surface area contributed by atoms with Gasteiger partial charge in [-0.3, -0.25) is 9.29 Å². The van der Waals surface area contributed by atoms with Crippen molar-refractivity contribution in [1.29, 1.82) is 0 Å². The van der Waals surface area contributed by atoms with Crippen LogP contribution in [-0.2, 0) is 16.6 Å². The van der Waals surface area contributed by atoms with E-state index in [4.69, 9.17) is 10.5 Å². The van der Waals surface area contributed by atoms with Gasteiger partial charge < -0.3 is 10.5 Å². The lowest BCUT2D eigenvalue weighted by Gasteiger charge is -2.21. The van der Waals surface area contributed by atoms with Crippen molar-refractivity contribution < 1.29 is 13.2 Å². The number of aromatic nitrogens is 1. The number of methoxy groups -OCH3 is 1. The van der Waals surface area contributed by atoms with Crippen molar-refractivity contribution in [2.75, 3.05) is 18.5 Å². The second-order valence-corrected chi connectivity index (χ2v) is 6.26. The lowest BCUT2D eigenvalue weighted by Crippen LogP contribution is -2.28. The van der Waals surface area contributed by atoms with Crippen LogP contribution in [0.2, 0.25) is 0 Å². The number of hydrogen-bond acceptors (Lipinski definition) is 5. The van der Waals surface area contributed by atoms with Crippen LogP contribution in [-0.4, -0.2) is 27.6 Å². The van der Waals surface area contributed by atoms with Gasteiger partial charge in [0.15, 0.2) is 0 Å². The average Bonchev–Trinajstić information content (AvgIpc) is 2.54. The summed E-state index contributed by atoms with van der Waals surface area (Å²) in [6.07, 6.45) is 1.52. The van der Waals surface area contributed by atoms with E-state index in [2.05, 4.69) is 4.98 Å². The highest BCUT2D eigenvalue weighted by Gasteiger charge is 2.24. The van der Waals surface area contributed by atoms with Gasteiger partial charge in [-0.1, -0.05) is 6.07 Å². The zero-order valence-electron chi connectivity index (χ0n) is 11.9. The van der Waals surface area contributed by atoms with Crippen molar-refractivity contribution in [2.24, 2.45) is 5.73 Å². The van der Waals surface area contributed by atoms with Gasteiger partial charge in [0.25, 0.3) is 10.0 Å². The average molecular weight is 307 g/mol. The van der Waals surface area contributed by atoms with Gasteiger partial charge in [0.1, 0.15) is 10.6 Å². The van der Waals surface area contributed by atoms with Crippen molar-refractivity contribution in [3.05, 3.63) is 48.3 Å². The standard InChI is InChI=1S/C14H17N3O3S/c1-17(11-5-3-6-12(9-11)20-2)21(18,19)14-7-4-8-16-13(14)10-15/h3-9H,10,15H2,1-2H3. The van der Waals surface area contributed by atoms with Gasteiger partial charge in [-0.2, -0.15) is 0 Å². The van der Waals surface area contributed by atoms with Crippen LogP contribution in [0.4, 0.5) is 5.69 Å². The fourth-order valence-corrected chi connectivity index (χ4v) is 3.27. The zero-order chi connectivity index (χ0) is 15.5. The Morgan fingerprint density at radius 2 is 2.05 bits per heavy atom. The van der Waals surface area contributed by atoms with E-state index in [1.54, 1.807) is 30.3 Å². The van der Waals surface area contributed by atoms with Crippen LogP contribution in [0.5, 0.6) is 5.75 Å². The molecule has 0 aliphatic carbocycles. The summed E-state index contributed by atoms with van der Waals surface area (Å²) in [7, 11) is -0.712. The summed E-state index contributed by atoms with van der Waals surface area (Å²) in [5, 5.41) is 0. The number of rotatable bonds is 5. The molecule has 2 aromatic rings. The van der Waals surface area contributed by atoms with Crippen LogP contribution in [0, 0.1) is 0 Å². The summed E-state index contributed by atoms with van der Waals surface area (Å²) in [6, 6.07) is 9.90. The summed E-state index contributed by atoms with van der Waals surface area (Å²) < 4.78 is 31.7. The third-order valence-electron chi connectivity index (χ3n) is 3.10. The van der Waals surface area contributed by atoms with Crippen LogP contribution in [0.1, 0.15) is 5.69 Å². The molecule has 0 amide bonds. The van der Waals surface area contributed by atoms with Crippen molar-refractivity contribution in [2.45, 2.75) is 11.4 Å². The first-order valence-electron chi connectivity index (χ1n) is 6.27. The van der Waals surface area contributed by atoms with Crippen molar-refractivity contribution in [3.63, 3.8) is 0 Å². The highest BCUT2D eigenvalue weighted by molar-refractivity contribution is 7.92. The molecule has 0 saturated carbocycles. The molecule has 1 aromatic heterocycles. The molecule has 0 saturated heterocycles. The van der Waals surface area contributed by atoms with E-state index in [0.29, 0.717) is 17.1 Å². The molecule has 7 heteroatoms. The van der Waals surface area contributed by atoms with Gasteiger partial charge in [0.05, 0.1) is 18.5 Å². The molecule has 0 atom stereocenters. The number of benzene rings is 1. The number of nitrogens with zero attached hydrogens (tertiary/aromatic N) is 2. The minimum Gasteiger partial charge on any atom is -0.497 e. The Hall–Kier alpha value is -2.12. The monoisotopic (exact) mass is 307 g/mol. The molecule has 1 aromatic carbocycles. The predicted octanol–water partition coefficient (Wildman–Crippen LogP) is 1.37. The SMILES string of the molecule is COc1cccc(N(C)S(=O)(=O)c2cccnc2CN)c1. The molecule has 0 aliphatic rings. The molecule has 6 nitrogen and oxygen atoms in total. The fourth-order valence-electron chi connectivity index (χ4n) is 1.90. The second-order valence-electron chi connectivity index (χ2n) is 4.33. The van der Waals surface area contributed by atoms with Gasteiger partial charge in [0, 0.05) is 25.9 Å². The predicted molar refractivity (Wildman–Crippen MR) is 80.7 cm³/mol. The van der Waals surface area contributed by atoms with Crippen LogP contribution in [0.25, 0.3) is 0 Å². The summed E-state index contributed by atoms with van der Waals surface area (Å²) >= 11 is 0. The molecule has 112 valence electrons. The molecule has 1 heterocycles. The molecule has 0 fully saturated rings. The van der Waals surface area contributed by atoms with Crippen LogP contribution < -0.4 is 14.8 Å². The molecule has 2 rings (SSSR count). The Morgan fingerprint density at radius 3 is 2.71 bits per heavy atom. The number of hydrogen-bond donors (Lipinski definition) is 1. The fraction of sp³-hybridized carbons (Fsp3) is 0.214. The molecular weight excluding hydrogens is 290 g/mol. The van der Waals surface area contributed by atoms with Crippen molar-refractivity contribution in [1.82, 2.24) is 4.98 Å². The van der Waals surface area contributed by atoms with Crippen molar-refractivity contribution in [3.8, 4) is 5.75 Å². The number of nitrogens with two attached hydrogens (primary N) is 1. The van der Waals surface area contributed by atoms with E-state index in [-0.39, 0.29) is 11.4 Å². The highest BCUT2D eigenvalue weighted by atomic mass is 32.2. The normalized spacial score (nSPS) is 11.2. The molecule has 0 radical (unpaired) electrons. The molecular formula is C14H17N3O3S. The van der Waals surface area contributed by atoms with Gasteiger partial charge in [-0.05, 0) is 24.3 Å². The molecule has 2 N–H and O–H groups in total. The first-order valence-corrected chi connectivity index (χ1v) is 7.71. The van der Waals surface area contributed by atoms with Crippen LogP contribution >= 0.6 is 0 Å². The first kappa shape index (κ1) is 15.3. The summed E-state index contributed by atoms with van der Waals surface area (Å²) in [5.41, 5.74) is 6.41. The van der Waals surface area contributed by atoms with E-state index in [9.17, 15) is 8.42 Å². The maximum Gasteiger partial charge on any atom is 0.265 e. The number of ether oxygens (including phenoxy) is 1. The maximum absolute atomic E-state index is 12.7. The summed E-state index contributed by atoms with van der Waals surface area (Å²) in [4.78, 5) is 4.13. The van der Waals surface area contributed by atoms with Gasteiger partial charge >= 0.3 is 0 Å². The summed E-state index contributed by atoms with van der Waals surface area (Å²) in [6.45, 7) is 0.0569. The largest absolute Gasteiger partial charge is 0.497 e. The number of sulfonamides is 1. The van der Waals surface area contributed by atoms with Gasteiger partial charge in [-0.25, -0.2) is 8.42 Å². The zero-order valence-corrected chi connectivity index (χ0v) is 12.7. The van der Waals surface area contributed by atoms with E-state index in [1.165, 1.54) is 30.7 Å². The molecule has 21 heavy (non-hydrogen) atoms. The van der Waals surface area contributed by atoms with E-state index < -0.39 is 10.0 Å². The molecule has 0 bridgehead atoms. The molecule has 0 aliphatic heterocycles. The Labute approximate surface area is 124 Å². The van der Waals surface area contributed by atoms with E-state index >= 15 is 0 Å². The van der Waals surface area contributed by atoms with Gasteiger partial charge in [-0.15, -0.1) is 0 Å². The highest BCUT2D eigenvalue weighted by Crippen LogP contribution is 2.26. The Kier molecular flexibility index (Phi) is 4.44. The second kappa shape index (κ2) is 6.11. The summed E-state index contributed by atoms with van der Waals surface area (Å²) in [5.74, 6) is 0.583. The van der Waals surface area contributed by atoms with Crippen LogP contribution in [0.15, 0.2) is 47.5 Å². The third kappa shape index (κ3) is 2.98. The van der Waals surface area contributed by atoms with E-state index in [0.717, 1.165) is 0 Å². The minimum atomic E-state index is -3.72. The Bertz CT molecular complexity index is 732. The third-order valence-corrected chi connectivity index (χ3v) is 4.96. The van der Waals surface area contributed by atoms with Crippen LogP contribution in [0.3, 0.4) is 0 Å². The maximum atomic E-state index is 12.7. The number of anilines is 1. The minimum absolute atomic E-state index is 0.0569. The Morgan fingerprint density at radius 1 is 1.29 bits per heavy atom. The Balaban J connectivity index is 2.47. The smallest absolute Gasteiger partial charge is 0.265 e. The topological polar surface area (TPSA) is 85.5 Å². The lowest BCUT2D eigenvalue weighted by atomic mass is 10.3. The van der Waals surface area contributed by atoms with E-state index in [1.807, 2.05) is 0 Å².